The smallest absolute Gasteiger partial charge is 0.241 e. The molecule has 108 valence electrons. The molecule has 0 radical (unpaired) electrons. The molecule has 1 aromatic carbocycles. The highest BCUT2D eigenvalue weighted by molar-refractivity contribution is 7.89. The molecule has 19 heavy (non-hydrogen) atoms. The van der Waals surface area contributed by atoms with Crippen LogP contribution in [0.5, 0.6) is 0 Å². The highest BCUT2D eigenvalue weighted by atomic mass is 32.2. The molecule has 4 nitrogen and oxygen atoms in total. The lowest BCUT2D eigenvalue weighted by Gasteiger charge is -2.17. The van der Waals surface area contributed by atoms with Gasteiger partial charge in [0.25, 0.3) is 0 Å². The van der Waals surface area contributed by atoms with Crippen LogP contribution in [0.25, 0.3) is 0 Å². The minimum absolute atomic E-state index is 0.186. The van der Waals surface area contributed by atoms with Crippen LogP contribution in [0.2, 0.25) is 0 Å². The van der Waals surface area contributed by atoms with Crippen LogP contribution in [0.3, 0.4) is 0 Å². The second-order valence-corrected chi connectivity index (χ2v) is 6.74. The summed E-state index contributed by atoms with van der Waals surface area (Å²) in [6, 6.07) is 3.08. The topological polar surface area (TPSA) is 66.4 Å². The van der Waals surface area contributed by atoms with Gasteiger partial charge >= 0.3 is 0 Å². The van der Waals surface area contributed by atoms with Crippen molar-refractivity contribution >= 4 is 10.0 Å². The van der Waals surface area contributed by atoms with Gasteiger partial charge in [0, 0.05) is 6.04 Å². The molecule has 1 unspecified atom stereocenters. The molecule has 0 saturated heterocycles. The Kier molecular flexibility index (Phi) is 5.46. The molecule has 0 saturated carbocycles. The number of halogens is 1. The third-order valence-corrected chi connectivity index (χ3v) is 4.34. The van der Waals surface area contributed by atoms with Crippen molar-refractivity contribution in [2.75, 3.05) is 0 Å². The standard InChI is InChI=1S/C13H20FNO3S/c1-9(2)6-10(3)15-19(17,18)13-7-12(14)5-4-11(13)8-16/h4-5,7,9-10,15-16H,6,8H2,1-3H3. The van der Waals surface area contributed by atoms with Crippen LogP contribution in [-0.4, -0.2) is 19.6 Å². The first-order valence-electron chi connectivity index (χ1n) is 6.18. The van der Waals surface area contributed by atoms with Gasteiger partial charge in [0.15, 0.2) is 0 Å². The maximum Gasteiger partial charge on any atom is 0.241 e. The molecule has 0 amide bonds. The SMILES string of the molecule is CC(C)CC(C)NS(=O)(=O)c1cc(F)ccc1CO. The summed E-state index contributed by atoms with van der Waals surface area (Å²) < 4.78 is 40.0. The summed E-state index contributed by atoms with van der Waals surface area (Å²) in [5, 5.41) is 9.14. The van der Waals surface area contributed by atoms with Crippen molar-refractivity contribution in [2.24, 2.45) is 5.92 Å². The van der Waals surface area contributed by atoms with Crippen molar-refractivity contribution in [1.29, 1.82) is 0 Å². The van der Waals surface area contributed by atoms with E-state index in [9.17, 15) is 12.8 Å². The zero-order valence-electron chi connectivity index (χ0n) is 11.4. The van der Waals surface area contributed by atoms with Gasteiger partial charge in [-0.1, -0.05) is 19.9 Å². The lowest BCUT2D eigenvalue weighted by molar-refractivity contribution is 0.278. The normalized spacial score (nSPS) is 13.8. The summed E-state index contributed by atoms with van der Waals surface area (Å²) in [6.07, 6.45) is 0.684. The monoisotopic (exact) mass is 289 g/mol. The summed E-state index contributed by atoms with van der Waals surface area (Å²) >= 11 is 0. The van der Waals surface area contributed by atoms with Gasteiger partial charge in [-0.2, -0.15) is 0 Å². The van der Waals surface area contributed by atoms with Gasteiger partial charge in [-0.3, -0.25) is 0 Å². The largest absolute Gasteiger partial charge is 0.392 e. The van der Waals surface area contributed by atoms with Gasteiger partial charge in [0.05, 0.1) is 11.5 Å². The van der Waals surface area contributed by atoms with E-state index in [1.54, 1.807) is 6.92 Å². The van der Waals surface area contributed by atoms with Crippen LogP contribution < -0.4 is 4.72 Å². The molecule has 1 aromatic rings. The Hall–Kier alpha value is -0.980. The van der Waals surface area contributed by atoms with E-state index in [2.05, 4.69) is 4.72 Å². The average Bonchev–Trinajstić information content (AvgIpc) is 2.26. The Morgan fingerprint density at radius 1 is 1.32 bits per heavy atom. The van der Waals surface area contributed by atoms with Crippen molar-refractivity contribution in [3.8, 4) is 0 Å². The lowest BCUT2D eigenvalue weighted by Crippen LogP contribution is -2.34. The predicted molar refractivity (Wildman–Crippen MR) is 71.6 cm³/mol. The van der Waals surface area contributed by atoms with Crippen LogP contribution in [0.15, 0.2) is 23.1 Å². The summed E-state index contributed by atoms with van der Waals surface area (Å²) in [5.74, 6) is -0.295. The van der Waals surface area contributed by atoms with Crippen molar-refractivity contribution < 1.29 is 17.9 Å². The predicted octanol–water partition coefficient (Wildman–Crippen LogP) is 2.03. The highest BCUT2D eigenvalue weighted by Gasteiger charge is 2.21. The number of aliphatic hydroxyl groups is 1. The molecule has 0 aliphatic rings. The highest BCUT2D eigenvalue weighted by Crippen LogP contribution is 2.18. The molecule has 0 bridgehead atoms. The second-order valence-electron chi connectivity index (χ2n) is 5.06. The Morgan fingerprint density at radius 2 is 1.95 bits per heavy atom. The van der Waals surface area contributed by atoms with Gasteiger partial charge < -0.3 is 5.11 Å². The first kappa shape index (κ1) is 16.1. The van der Waals surface area contributed by atoms with Crippen LogP contribution >= 0.6 is 0 Å². The Labute approximate surface area is 113 Å². The summed E-state index contributed by atoms with van der Waals surface area (Å²) in [4.78, 5) is -0.203. The Balaban J connectivity index is 3.03. The van der Waals surface area contributed by atoms with Crippen LogP contribution in [0.4, 0.5) is 4.39 Å². The third kappa shape index (κ3) is 4.56. The van der Waals surface area contributed by atoms with E-state index in [0.717, 1.165) is 12.1 Å². The second kappa shape index (κ2) is 6.45. The Morgan fingerprint density at radius 3 is 2.47 bits per heavy atom. The summed E-state index contributed by atoms with van der Waals surface area (Å²) in [6.45, 7) is 5.29. The van der Waals surface area contributed by atoms with Crippen LogP contribution in [0.1, 0.15) is 32.8 Å². The van der Waals surface area contributed by atoms with Crippen LogP contribution in [0, 0.1) is 11.7 Å². The number of rotatable bonds is 6. The van der Waals surface area contributed by atoms with E-state index in [1.807, 2.05) is 13.8 Å². The molecule has 2 N–H and O–H groups in total. The number of benzene rings is 1. The molecule has 1 atom stereocenters. The fourth-order valence-corrected chi connectivity index (χ4v) is 3.49. The van der Waals surface area contributed by atoms with E-state index in [-0.39, 0.29) is 16.5 Å². The van der Waals surface area contributed by atoms with E-state index < -0.39 is 22.4 Å². The minimum atomic E-state index is -3.82. The lowest BCUT2D eigenvalue weighted by atomic mass is 10.1. The first-order chi connectivity index (χ1) is 8.76. The molecular formula is C13H20FNO3S. The fraction of sp³-hybridized carbons (Fsp3) is 0.538. The third-order valence-electron chi connectivity index (χ3n) is 2.67. The maximum atomic E-state index is 13.2. The van der Waals surface area contributed by atoms with Crippen molar-refractivity contribution in [2.45, 2.75) is 44.7 Å². The van der Waals surface area contributed by atoms with Gasteiger partial charge in [-0.05, 0) is 37.0 Å². The number of nitrogens with one attached hydrogen (secondary N) is 1. The van der Waals surface area contributed by atoms with Gasteiger partial charge in [-0.15, -0.1) is 0 Å². The van der Waals surface area contributed by atoms with E-state index >= 15 is 0 Å². The maximum absolute atomic E-state index is 13.2. The quantitative estimate of drug-likeness (QED) is 0.842. The van der Waals surface area contributed by atoms with Gasteiger partial charge in [0.1, 0.15) is 5.82 Å². The molecule has 0 aliphatic carbocycles. The molecule has 0 aromatic heterocycles. The molecule has 6 heteroatoms. The number of hydrogen-bond acceptors (Lipinski definition) is 3. The van der Waals surface area contributed by atoms with Crippen LogP contribution in [-0.2, 0) is 16.6 Å². The van der Waals surface area contributed by atoms with Crippen molar-refractivity contribution in [3.05, 3.63) is 29.6 Å². The average molecular weight is 289 g/mol. The fourth-order valence-electron chi connectivity index (χ4n) is 1.99. The van der Waals surface area contributed by atoms with E-state index in [1.165, 1.54) is 6.07 Å². The summed E-state index contributed by atoms with van der Waals surface area (Å²) in [5.41, 5.74) is 0.186. The molecule has 0 spiro atoms. The van der Waals surface area contributed by atoms with Crippen molar-refractivity contribution in [1.82, 2.24) is 4.72 Å². The summed E-state index contributed by atoms with van der Waals surface area (Å²) in [7, 11) is -3.82. The van der Waals surface area contributed by atoms with Crippen molar-refractivity contribution in [3.63, 3.8) is 0 Å². The zero-order valence-corrected chi connectivity index (χ0v) is 12.2. The molecule has 0 heterocycles. The minimum Gasteiger partial charge on any atom is -0.392 e. The molecule has 1 rings (SSSR count). The number of sulfonamides is 1. The van der Waals surface area contributed by atoms with E-state index in [4.69, 9.17) is 5.11 Å². The number of aliphatic hydroxyl groups excluding tert-OH is 1. The number of hydrogen-bond donors (Lipinski definition) is 2. The molecular weight excluding hydrogens is 269 g/mol. The van der Waals surface area contributed by atoms with Gasteiger partial charge in [-0.25, -0.2) is 17.5 Å². The zero-order chi connectivity index (χ0) is 14.6. The first-order valence-corrected chi connectivity index (χ1v) is 7.66. The van der Waals surface area contributed by atoms with E-state index in [0.29, 0.717) is 12.3 Å². The Bertz CT molecular complexity index is 529. The van der Waals surface area contributed by atoms with Gasteiger partial charge in [0.2, 0.25) is 10.0 Å². The molecule has 0 aliphatic heterocycles. The molecule has 0 fully saturated rings.